The molecule has 4 N–H and O–H groups in total. The van der Waals surface area contributed by atoms with Crippen molar-refractivity contribution in [1.29, 1.82) is 5.26 Å². The summed E-state index contributed by atoms with van der Waals surface area (Å²) in [5.74, 6) is 1.44. The third-order valence-corrected chi connectivity index (χ3v) is 4.94. The third kappa shape index (κ3) is 4.66. The molecule has 3 aromatic rings. The monoisotopic (exact) mass is 401 g/mol. The van der Waals surface area contributed by atoms with Crippen LogP contribution >= 0.6 is 0 Å². The zero-order valence-electron chi connectivity index (χ0n) is 16.6. The lowest BCUT2D eigenvalue weighted by molar-refractivity contribution is 0.402. The molecule has 1 aliphatic heterocycles. The molecule has 0 bridgehead atoms. The second-order valence-corrected chi connectivity index (χ2v) is 6.97. The SMILES string of the molecule is COc1cc(NCc2ccccc2)ccc1C1CC(Nc2cnc(C#N)cn2)NN1. The van der Waals surface area contributed by atoms with Gasteiger partial charge in [-0.1, -0.05) is 36.4 Å². The molecule has 1 aliphatic rings. The Bertz CT molecular complexity index is 1020. The van der Waals surface area contributed by atoms with E-state index in [1.807, 2.05) is 30.3 Å². The van der Waals surface area contributed by atoms with Crippen molar-refractivity contribution in [3.8, 4) is 11.8 Å². The Morgan fingerprint density at radius 3 is 2.73 bits per heavy atom. The van der Waals surface area contributed by atoms with Crippen LogP contribution in [0.25, 0.3) is 0 Å². The summed E-state index contributed by atoms with van der Waals surface area (Å²) in [6.45, 7) is 0.754. The molecule has 2 atom stereocenters. The molecule has 152 valence electrons. The van der Waals surface area contributed by atoms with Gasteiger partial charge in [0.1, 0.15) is 17.6 Å². The van der Waals surface area contributed by atoms with Gasteiger partial charge in [-0.2, -0.15) is 5.26 Å². The van der Waals surface area contributed by atoms with Crippen LogP contribution in [-0.4, -0.2) is 23.2 Å². The largest absolute Gasteiger partial charge is 0.496 e. The molecule has 0 saturated carbocycles. The van der Waals surface area contributed by atoms with E-state index in [1.54, 1.807) is 13.3 Å². The van der Waals surface area contributed by atoms with Gasteiger partial charge in [0, 0.05) is 30.3 Å². The smallest absolute Gasteiger partial charge is 0.158 e. The van der Waals surface area contributed by atoms with Gasteiger partial charge in [-0.05, 0) is 11.6 Å². The van der Waals surface area contributed by atoms with E-state index in [9.17, 15) is 0 Å². The second-order valence-electron chi connectivity index (χ2n) is 6.97. The topological polar surface area (TPSA) is 107 Å². The van der Waals surface area contributed by atoms with Crippen molar-refractivity contribution in [3.63, 3.8) is 0 Å². The Labute approximate surface area is 175 Å². The van der Waals surface area contributed by atoms with Crippen molar-refractivity contribution in [1.82, 2.24) is 20.8 Å². The highest BCUT2D eigenvalue weighted by Crippen LogP contribution is 2.32. The number of aromatic nitrogens is 2. The van der Waals surface area contributed by atoms with Crippen molar-refractivity contribution in [2.24, 2.45) is 0 Å². The van der Waals surface area contributed by atoms with Crippen LogP contribution in [0.5, 0.6) is 5.75 Å². The number of nitrogens with one attached hydrogen (secondary N) is 4. The Hall–Kier alpha value is -3.67. The van der Waals surface area contributed by atoms with E-state index in [1.165, 1.54) is 11.8 Å². The van der Waals surface area contributed by atoms with Gasteiger partial charge in [0.15, 0.2) is 5.69 Å². The van der Waals surface area contributed by atoms with Crippen LogP contribution in [0, 0.1) is 11.3 Å². The molecule has 0 aliphatic carbocycles. The maximum atomic E-state index is 8.82. The summed E-state index contributed by atoms with van der Waals surface area (Å²) in [7, 11) is 1.68. The summed E-state index contributed by atoms with van der Waals surface area (Å²) >= 11 is 0. The minimum atomic E-state index is -0.0298. The van der Waals surface area contributed by atoms with Crippen molar-refractivity contribution < 1.29 is 4.74 Å². The Balaban J connectivity index is 1.39. The van der Waals surface area contributed by atoms with Crippen LogP contribution in [0.1, 0.15) is 29.3 Å². The molecule has 1 saturated heterocycles. The highest BCUT2D eigenvalue weighted by atomic mass is 16.5. The average molecular weight is 401 g/mol. The predicted molar refractivity (Wildman–Crippen MR) is 115 cm³/mol. The number of nitriles is 1. The molecule has 1 fully saturated rings. The number of methoxy groups -OCH3 is 1. The van der Waals surface area contributed by atoms with Gasteiger partial charge < -0.3 is 15.4 Å². The van der Waals surface area contributed by atoms with Gasteiger partial charge in [0.2, 0.25) is 0 Å². The van der Waals surface area contributed by atoms with Crippen LogP contribution in [0.4, 0.5) is 11.5 Å². The van der Waals surface area contributed by atoms with Crippen LogP contribution in [0.2, 0.25) is 0 Å². The van der Waals surface area contributed by atoms with Crippen LogP contribution in [0.3, 0.4) is 0 Å². The van der Waals surface area contributed by atoms with E-state index in [4.69, 9.17) is 10.00 Å². The molecule has 0 radical (unpaired) electrons. The first-order valence-corrected chi connectivity index (χ1v) is 9.70. The molecule has 8 nitrogen and oxygen atoms in total. The number of benzene rings is 2. The second kappa shape index (κ2) is 9.22. The normalized spacial score (nSPS) is 17.9. The lowest BCUT2D eigenvalue weighted by atomic mass is 10.0. The number of hydrazine groups is 1. The number of nitrogens with zero attached hydrogens (tertiary/aromatic N) is 3. The van der Waals surface area contributed by atoms with E-state index in [2.05, 4.69) is 55.7 Å². The predicted octanol–water partition coefficient (Wildman–Crippen LogP) is 2.95. The molecule has 2 unspecified atom stereocenters. The molecule has 4 rings (SSSR count). The Morgan fingerprint density at radius 2 is 2.00 bits per heavy atom. The maximum Gasteiger partial charge on any atom is 0.158 e. The highest BCUT2D eigenvalue weighted by molar-refractivity contribution is 5.53. The Kier molecular flexibility index (Phi) is 6.03. The standard InChI is InChI=1S/C22H23N7O/c1-30-20-9-16(24-12-15-5-3-2-4-6-15)7-8-18(20)19-10-21(29-28-19)27-22-14-25-17(11-23)13-26-22/h2-9,13-14,19,21,24,28-29H,10,12H2,1H3,(H,26,27). The molecular formula is C22H23N7O. The molecular weight excluding hydrogens is 378 g/mol. The van der Waals surface area contributed by atoms with Crippen LogP contribution < -0.4 is 26.2 Å². The average Bonchev–Trinajstić information content (AvgIpc) is 3.27. The van der Waals surface area contributed by atoms with E-state index < -0.39 is 0 Å². The number of hydrogen-bond donors (Lipinski definition) is 4. The van der Waals surface area contributed by atoms with E-state index in [-0.39, 0.29) is 12.2 Å². The highest BCUT2D eigenvalue weighted by Gasteiger charge is 2.27. The first kappa shape index (κ1) is 19.6. The first-order chi connectivity index (χ1) is 14.7. The van der Waals surface area contributed by atoms with E-state index >= 15 is 0 Å². The molecule has 0 spiro atoms. The lowest BCUT2D eigenvalue weighted by Crippen LogP contribution is -2.36. The van der Waals surface area contributed by atoms with E-state index in [0.29, 0.717) is 11.5 Å². The van der Waals surface area contributed by atoms with Crippen molar-refractivity contribution in [3.05, 3.63) is 77.7 Å². The minimum absolute atomic E-state index is 0.0298. The summed E-state index contributed by atoms with van der Waals surface area (Å²) in [5.41, 5.74) is 10.1. The van der Waals surface area contributed by atoms with Gasteiger partial charge in [0.05, 0.1) is 31.7 Å². The number of ether oxygens (including phenoxy) is 1. The van der Waals surface area contributed by atoms with Gasteiger partial charge in [-0.3, -0.25) is 0 Å². The van der Waals surface area contributed by atoms with Gasteiger partial charge in [-0.15, -0.1) is 0 Å². The van der Waals surface area contributed by atoms with Crippen molar-refractivity contribution in [2.75, 3.05) is 17.7 Å². The summed E-state index contributed by atoms with van der Waals surface area (Å²) in [6, 6.07) is 18.5. The number of hydrogen-bond acceptors (Lipinski definition) is 8. The molecule has 8 heteroatoms. The summed E-state index contributed by atoms with van der Waals surface area (Å²) in [4.78, 5) is 8.24. The molecule has 2 aromatic carbocycles. The van der Waals surface area contributed by atoms with Crippen LogP contribution in [0.15, 0.2) is 60.9 Å². The van der Waals surface area contributed by atoms with Crippen molar-refractivity contribution >= 4 is 11.5 Å². The zero-order chi connectivity index (χ0) is 20.8. The molecule has 30 heavy (non-hydrogen) atoms. The first-order valence-electron chi connectivity index (χ1n) is 9.70. The maximum absolute atomic E-state index is 8.82. The van der Waals surface area contributed by atoms with E-state index in [0.717, 1.165) is 30.0 Å². The van der Waals surface area contributed by atoms with Gasteiger partial charge in [-0.25, -0.2) is 20.8 Å². The fourth-order valence-corrected chi connectivity index (χ4v) is 3.40. The lowest BCUT2D eigenvalue weighted by Gasteiger charge is -2.16. The number of rotatable bonds is 7. The molecule has 2 heterocycles. The fraction of sp³-hybridized carbons (Fsp3) is 0.227. The molecule has 1 aromatic heterocycles. The Morgan fingerprint density at radius 1 is 1.13 bits per heavy atom. The quantitative estimate of drug-likeness (QED) is 0.479. The summed E-state index contributed by atoms with van der Waals surface area (Å²) in [5, 5.41) is 15.5. The minimum Gasteiger partial charge on any atom is -0.496 e. The fourth-order valence-electron chi connectivity index (χ4n) is 3.40. The van der Waals surface area contributed by atoms with Crippen molar-refractivity contribution in [2.45, 2.75) is 25.2 Å². The van der Waals surface area contributed by atoms with Crippen LogP contribution in [-0.2, 0) is 6.54 Å². The molecule has 0 amide bonds. The number of anilines is 2. The summed E-state index contributed by atoms with van der Waals surface area (Å²) in [6.07, 6.45) is 3.76. The third-order valence-electron chi connectivity index (χ3n) is 4.94. The van der Waals surface area contributed by atoms with Gasteiger partial charge >= 0.3 is 0 Å². The zero-order valence-corrected chi connectivity index (χ0v) is 16.6. The summed E-state index contributed by atoms with van der Waals surface area (Å²) < 4.78 is 5.65. The van der Waals surface area contributed by atoms with Gasteiger partial charge in [0.25, 0.3) is 0 Å².